The highest BCUT2D eigenvalue weighted by Crippen LogP contribution is 2.25. The van der Waals surface area contributed by atoms with Crippen molar-refractivity contribution in [2.24, 2.45) is 5.92 Å². The number of carbonyl (C=O) groups is 2. The highest BCUT2D eigenvalue weighted by atomic mass is 19.1. The highest BCUT2D eigenvalue weighted by molar-refractivity contribution is 5.84. The molecule has 5 nitrogen and oxygen atoms in total. The maximum absolute atomic E-state index is 13.3. The Morgan fingerprint density at radius 2 is 1.88 bits per heavy atom. The maximum atomic E-state index is 13.3. The van der Waals surface area contributed by atoms with Crippen molar-refractivity contribution in [2.75, 3.05) is 6.54 Å². The lowest BCUT2D eigenvalue weighted by Crippen LogP contribution is -2.37. The molecule has 0 heterocycles. The molecule has 2 rings (SSSR count). The predicted octanol–water partition coefficient (Wildman–Crippen LogP) is 2.02. The minimum atomic E-state index is -0.470. The van der Waals surface area contributed by atoms with Crippen LogP contribution in [0.1, 0.15) is 49.7 Å². The fourth-order valence-electron chi connectivity index (χ4n) is 3.03. The normalized spacial score (nSPS) is 15.1. The van der Waals surface area contributed by atoms with Crippen LogP contribution in [0.3, 0.4) is 0 Å². The standard InChI is InChI=1S/C18H25FN2O3/c19-16-7-6-14(8-15(16)12-22)10-20-18(24)11-21-17(23)9-13-4-2-1-3-5-13/h6-8,13,22H,1-5,9-12H2,(H,20,24)(H,21,23). The van der Waals surface area contributed by atoms with Crippen LogP contribution >= 0.6 is 0 Å². The molecule has 0 radical (unpaired) electrons. The van der Waals surface area contributed by atoms with E-state index < -0.39 is 5.82 Å². The second-order valence-corrected chi connectivity index (χ2v) is 6.35. The highest BCUT2D eigenvalue weighted by Gasteiger charge is 2.17. The summed E-state index contributed by atoms with van der Waals surface area (Å²) >= 11 is 0. The molecule has 0 atom stereocenters. The zero-order valence-corrected chi connectivity index (χ0v) is 13.8. The molecule has 1 aromatic rings. The molecule has 3 N–H and O–H groups in total. The van der Waals surface area contributed by atoms with Gasteiger partial charge in [0.25, 0.3) is 0 Å². The van der Waals surface area contributed by atoms with E-state index in [-0.39, 0.29) is 37.1 Å². The lowest BCUT2D eigenvalue weighted by atomic mass is 9.87. The van der Waals surface area contributed by atoms with Crippen LogP contribution < -0.4 is 10.6 Å². The van der Waals surface area contributed by atoms with Gasteiger partial charge in [-0.15, -0.1) is 0 Å². The predicted molar refractivity (Wildman–Crippen MR) is 88.4 cm³/mol. The molecular formula is C18H25FN2O3. The molecule has 0 aliphatic heterocycles. The van der Waals surface area contributed by atoms with E-state index in [0.29, 0.717) is 17.9 Å². The summed E-state index contributed by atoms with van der Waals surface area (Å²) < 4.78 is 13.3. The molecule has 6 heteroatoms. The van der Waals surface area contributed by atoms with E-state index in [2.05, 4.69) is 10.6 Å². The third kappa shape index (κ3) is 5.92. The fourth-order valence-corrected chi connectivity index (χ4v) is 3.03. The van der Waals surface area contributed by atoms with Crippen LogP contribution in [-0.4, -0.2) is 23.5 Å². The van der Waals surface area contributed by atoms with E-state index in [4.69, 9.17) is 5.11 Å². The number of hydrogen-bond donors (Lipinski definition) is 3. The Morgan fingerprint density at radius 3 is 2.58 bits per heavy atom. The molecular weight excluding hydrogens is 311 g/mol. The van der Waals surface area contributed by atoms with Crippen molar-refractivity contribution in [2.45, 2.75) is 51.7 Å². The van der Waals surface area contributed by atoms with E-state index in [0.717, 1.165) is 12.8 Å². The van der Waals surface area contributed by atoms with Gasteiger partial charge in [0, 0.05) is 18.5 Å². The van der Waals surface area contributed by atoms with E-state index in [9.17, 15) is 14.0 Å². The van der Waals surface area contributed by atoms with Gasteiger partial charge in [0.05, 0.1) is 13.2 Å². The summed E-state index contributed by atoms with van der Waals surface area (Å²) in [6.45, 7) is -0.213. The molecule has 1 aliphatic carbocycles. The van der Waals surface area contributed by atoms with Gasteiger partial charge in [-0.05, 0) is 36.5 Å². The van der Waals surface area contributed by atoms with Crippen LogP contribution in [0.2, 0.25) is 0 Å². The number of benzene rings is 1. The third-order valence-corrected chi connectivity index (χ3v) is 4.42. The summed E-state index contributed by atoms with van der Waals surface area (Å²) in [6, 6.07) is 4.33. The molecule has 1 fully saturated rings. The average Bonchev–Trinajstić information content (AvgIpc) is 2.60. The summed E-state index contributed by atoms with van der Waals surface area (Å²) in [4.78, 5) is 23.6. The van der Waals surface area contributed by atoms with Crippen LogP contribution in [0.25, 0.3) is 0 Å². The lowest BCUT2D eigenvalue weighted by molar-refractivity contribution is -0.126. The van der Waals surface area contributed by atoms with E-state index in [1.807, 2.05) is 0 Å². The minimum Gasteiger partial charge on any atom is -0.392 e. The summed E-state index contributed by atoms with van der Waals surface area (Å²) in [5, 5.41) is 14.3. The Balaban J connectivity index is 1.68. The Labute approximate surface area is 141 Å². The van der Waals surface area contributed by atoms with E-state index >= 15 is 0 Å². The fraction of sp³-hybridized carbons (Fsp3) is 0.556. The number of rotatable bonds is 7. The molecule has 2 amide bonds. The van der Waals surface area contributed by atoms with E-state index in [1.165, 1.54) is 31.4 Å². The zero-order chi connectivity index (χ0) is 17.4. The van der Waals surface area contributed by atoms with Gasteiger partial charge in [-0.1, -0.05) is 25.3 Å². The number of aliphatic hydroxyl groups excluding tert-OH is 1. The molecule has 0 aromatic heterocycles. The topological polar surface area (TPSA) is 78.4 Å². The number of halogens is 1. The van der Waals surface area contributed by atoms with Crippen molar-refractivity contribution in [3.05, 3.63) is 35.1 Å². The van der Waals surface area contributed by atoms with Crippen molar-refractivity contribution >= 4 is 11.8 Å². The van der Waals surface area contributed by atoms with Gasteiger partial charge in [-0.25, -0.2) is 4.39 Å². The summed E-state index contributed by atoms with van der Waals surface area (Å²) in [5.41, 5.74) is 0.893. The van der Waals surface area contributed by atoms with Crippen molar-refractivity contribution < 1.29 is 19.1 Å². The van der Waals surface area contributed by atoms with Crippen LogP contribution in [0, 0.1) is 11.7 Å². The van der Waals surface area contributed by atoms with Gasteiger partial charge in [0.1, 0.15) is 5.82 Å². The average molecular weight is 336 g/mol. The van der Waals surface area contributed by atoms with Crippen LogP contribution in [0.5, 0.6) is 0 Å². The van der Waals surface area contributed by atoms with Gasteiger partial charge >= 0.3 is 0 Å². The molecule has 1 saturated carbocycles. The Bertz CT molecular complexity index is 571. The quantitative estimate of drug-likeness (QED) is 0.713. The van der Waals surface area contributed by atoms with Gasteiger partial charge in [-0.3, -0.25) is 9.59 Å². The van der Waals surface area contributed by atoms with Gasteiger partial charge < -0.3 is 15.7 Å². The first-order valence-electron chi connectivity index (χ1n) is 8.50. The lowest BCUT2D eigenvalue weighted by Gasteiger charge is -2.20. The van der Waals surface area contributed by atoms with Crippen LogP contribution in [0.4, 0.5) is 4.39 Å². The first-order chi connectivity index (χ1) is 11.6. The largest absolute Gasteiger partial charge is 0.392 e. The molecule has 0 spiro atoms. The summed E-state index contributed by atoms with van der Waals surface area (Å²) in [5.74, 6) is -0.399. The van der Waals surface area contributed by atoms with Crippen LogP contribution in [-0.2, 0) is 22.7 Å². The number of nitrogens with one attached hydrogen (secondary N) is 2. The van der Waals surface area contributed by atoms with Crippen molar-refractivity contribution in [3.8, 4) is 0 Å². The molecule has 0 bridgehead atoms. The third-order valence-electron chi connectivity index (χ3n) is 4.42. The zero-order valence-electron chi connectivity index (χ0n) is 13.8. The molecule has 1 aliphatic rings. The Hall–Kier alpha value is -1.95. The molecule has 1 aromatic carbocycles. The number of carbonyl (C=O) groups excluding carboxylic acids is 2. The molecule has 132 valence electrons. The van der Waals surface area contributed by atoms with Crippen molar-refractivity contribution in [1.82, 2.24) is 10.6 Å². The molecule has 0 unspecified atom stereocenters. The summed E-state index contributed by atoms with van der Waals surface area (Å²) in [6.07, 6.45) is 6.31. The SMILES string of the molecule is O=C(CNC(=O)CC1CCCCC1)NCc1ccc(F)c(CO)c1. The second-order valence-electron chi connectivity index (χ2n) is 6.35. The monoisotopic (exact) mass is 336 g/mol. The molecule has 0 saturated heterocycles. The number of aliphatic hydroxyl groups is 1. The number of hydrogen-bond acceptors (Lipinski definition) is 3. The van der Waals surface area contributed by atoms with E-state index in [1.54, 1.807) is 6.07 Å². The Kier molecular flexibility index (Phi) is 7.18. The maximum Gasteiger partial charge on any atom is 0.239 e. The van der Waals surface area contributed by atoms with Gasteiger partial charge in [0.2, 0.25) is 11.8 Å². The first kappa shape index (κ1) is 18.4. The van der Waals surface area contributed by atoms with Crippen LogP contribution in [0.15, 0.2) is 18.2 Å². The minimum absolute atomic E-state index is 0.0559. The van der Waals surface area contributed by atoms with Crippen molar-refractivity contribution in [1.29, 1.82) is 0 Å². The van der Waals surface area contributed by atoms with Gasteiger partial charge in [0.15, 0.2) is 0 Å². The first-order valence-corrected chi connectivity index (χ1v) is 8.50. The van der Waals surface area contributed by atoms with Gasteiger partial charge in [-0.2, -0.15) is 0 Å². The van der Waals surface area contributed by atoms with Crippen molar-refractivity contribution in [3.63, 3.8) is 0 Å². The smallest absolute Gasteiger partial charge is 0.239 e. The second kappa shape index (κ2) is 9.37. The molecule has 24 heavy (non-hydrogen) atoms. The Morgan fingerprint density at radius 1 is 1.12 bits per heavy atom. The summed E-state index contributed by atoms with van der Waals surface area (Å²) in [7, 11) is 0. The number of amides is 2.